The molecular formula is C13H22N4O. The number of carbonyl (C=O) groups is 1. The Morgan fingerprint density at radius 2 is 2.28 bits per heavy atom. The van der Waals surface area contributed by atoms with Crippen molar-refractivity contribution in [3.8, 4) is 0 Å². The SMILES string of the molecule is CC(C)c1nc(C(=O)NCC2CCCC2C)n[nH]1. The maximum absolute atomic E-state index is 11.9. The van der Waals surface area contributed by atoms with Gasteiger partial charge in [0.25, 0.3) is 5.91 Å². The second kappa shape index (κ2) is 5.50. The summed E-state index contributed by atoms with van der Waals surface area (Å²) in [6.07, 6.45) is 3.77. The van der Waals surface area contributed by atoms with Crippen LogP contribution in [0.4, 0.5) is 0 Å². The molecule has 2 unspecified atom stereocenters. The summed E-state index contributed by atoms with van der Waals surface area (Å²) in [5, 5.41) is 9.69. The van der Waals surface area contributed by atoms with E-state index in [-0.39, 0.29) is 17.6 Å². The van der Waals surface area contributed by atoms with Crippen LogP contribution in [0.15, 0.2) is 0 Å². The fourth-order valence-corrected chi connectivity index (χ4v) is 2.46. The fourth-order valence-electron chi connectivity index (χ4n) is 2.46. The van der Waals surface area contributed by atoms with E-state index in [1.54, 1.807) is 0 Å². The summed E-state index contributed by atoms with van der Waals surface area (Å²) in [6, 6.07) is 0. The van der Waals surface area contributed by atoms with Crippen LogP contribution in [0.5, 0.6) is 0 Å². The molecule has 1 fully saturated rings. The van der Waals surface area contributed by atoms with Gasteiger partial charge in [0.15, 0.2) is 0 Å². The number of carbonyl (C=O) groups excluding carboxylic acids is 1. The van der Waals surface area contributed by atoms with E-state index in [4.69, 9.17) is 0 Å². The second-order valence-corrected chi connectivity index (χ2v) is 5.58. The average Bonchev–Trinajstić information content (AvgIpc) is 2.94. The fraction of sp³-hybridized carbons (Fsp3) is 0.769. The minimum absolute atomic E-state index is 0.169. The highest BCUT2D eigenvalue weighted by Crippen LogP contribution is 2.30. The number of hydrogen-bond donors (Lipinski definition) is 2. The summed E-state index contributed by atoms with van der Waals surface area (Å²) in [4.78, 5) is 16.1. The molecule has 0 aliphatic heterocycles. The van der Waals surface area contributed by atoms with Crippen LogP contribution in [0, 0.1) is 11.8 Å². The number of rotatable bonds is 4. The first-order chi connectivity index (χ1) is 8.58. The molecule has 1 aromatic rings. The number of hydrogen-bond acceptors (Lipinski definition) is 3. The molecule has 0 spiro atoms. The van der Waals surface area contributed by atoms with E-state index in [0.29, 0.717) is 11.8 Å². The molecule has 1 heterocycles. The van der Waals surface area contributed by atoms with Crippen LogP contribution in [0.2, 0.25) is 0 Å². The molecule has 2 N–H and O–H groups in total. The zero-order valence-corrected chi connectivity index (χ0v) is 11.4. The lowest BCUT2D eigenvalue weighted by molar-refractivity contribution is 0.0934. The summed E-state index contributed by atoms with van der Waals surface area (Å²) in [5.74, 6) is 2.42. The van der Waals surface area contributed by atoms with Gasteiger partial charge in [0, 0.05) is 12.5 Å². The summed E-state index contributed by atoms with van der Waals surface area (Å²) >= 11 is 0. The van der Waals surface area contributed by atoms with Gasteiger partial charge in [-0.05, 0) is 18.3 Å². The van der Waals surface area contributed by atoms with Gasteiger partial charge in [-0.25, -0.2) is 4.98 Å². The van der Waals surface area contributed by atoms with Crippen molar-refractivity contribution in [3.05, 3.63) is 11.6 Å². The van der Waals surface area contributed by atoms with E-state index in [2.05, 4.69) is 27.4 Å². The van der Waals surface area contributed by atoms with E-state index in [9.17, 15) is 4.79 Å². The lowest BCUT2D eigenvalue weighted by Crippen LogP contribution is -2.31. The predicted molar refractivity (Wildman–Crippen MR) is 69.3 cm³/mol. The lowest BCUT2D eigenvalue weighted by atomic mass is 9.98. The highest BCUT2D eigenvalue weighted by molar-refractivity contribution is 5.90. The van der Waals surface area contributed by atoms with Crippen LogP contribution in [-0.2, 0) is 0 Å². The lowest BCUT2D eigenvalue weighted by Gasteiger charge is -2.14. The molecule has 5 heteroatoms. The van der Waals surface area contributed by atoms with Crippen molar-refractivity contribution >= 4 is 5.91 Å². The van der Waals surface area contributed by atoms with Gasteiger partial charge < -0.3 is 5.32 Å². The normalized spacial score (nSPS) is 23.6. The number of amides is 1. The van der Waals surface area contributed by atoms with Crippen molar-refractivity contribution in [2.45, 2.75) is 46.0 Å². The Hall–Kier alpha value is -1.39. The molecular weight excluding hydrogens is 228 g/mol. The third kappa shape index (κ3) is 2.89. The number of aromatic amines is 1. The van der Waals surface area contributed by atoms with Gasteiger partial charge in [0.2, 0.25) is 5.82 Å². The Bertz CT molecular complexity index is 413. The van der Waals surface area contributed by atoms with E-state index >= 15 is 0 Å². The Kier molecular flexibility index (Phi) is 3.99. The molecule has 1 aromatic heterocycles. The van der Waals surface area contributed by atoms with Gasteiger partial charge in [0.1, 0.15) is 5.82 Å². The summed E-state index contributed by atoms with van der Waals surface area (Å²) in [6.45, 7) is 7.03. The number of nitrogens with one attached hydrogen (secondary N) is 2. The summed E-state index contributed by atoms with van der Waals surface area (Å²) < 4.78 is 0. The van der Waals surface area contributed by atoms with Crippen LogP contribution >= 0.6 is 0 Å². The standard InChI is InChI=1S/C13H22N4O/c1-8(2)11-15-12(17-16-11)13(18)14-7-10-6-4-5-9(10)3/h8-10H,4-7H2,1-3H3,(H,14,18)(H,15,16,17). The molecule has 2 atom stereocenters. The molecule has 18 heavy (non-hydrogen) atoms. The highest BCUT2D eigenvalue weighted by Gasteiger charge is 2.24. The van der Waals surface area contributed by atoms with Gasteiger partial charge in [-0.2, -0.15) is 0 Å². The van der Waals surface area contributed by atoms with E-state index in [0.717, 1.165) is 12.4 Å². The van der Waals surface area contributed by atoms with Gasteiger partial charge in [-0.3, -0.25) is 9.89 Å². The zero-order valence-electron chi connectivity index (χ0n) is 11.4. The molecule has 1 aliphatic rings. The topological polar surface area (TPSA) is 70.7 Å². The molecule has 5 nitrogen and oxygen atoms in total. The third-order valence-electron chi connectivity index (χ3n) is 3.82. The Balaban J connectivity index is 1.87. The minimum Gasteiger partial charge on any atom is -0.349 e. The van der Waals surface area contributed by atoms with Crippen molar-refractivity contribution < 1.29 is 4.79 Å². The first kappa shape index (κ1) is 13.1. The molecule has 1 amide bonds. The van der Waals surface area contributed by atoms with Gasteiger partial charge in [0.05, 0.1) is 0 Å². The van der Waals surface area contributed by atoms with E-state index in [1.165, 1.54) is 19.3 Å². The Morgan fingerprint density at radius 3 is 2.83 bits per heavy atom. The number of aromatic nitrogens is 3. The molecule has 2 rings (SSSR count). The second-order valence-electron chi connectivity index (χ2n) is 5.58. The van der Waals surface area contributed by atoms with Crippen LogP contribution in [0.25, 0.3) is 0 Å². The summed E-state index contributed by atoms with van der Waals surface area (Å²) in [7, 11) is 0. The van der Waals surface area contributed by atoms with Crippen molar-refractivity contribution in [2.75, 3.05) is 6.54 Å². The molecule has 0 bridgehead atoms. The molecule has 0 saturated heterocycles. The number of H-pyrrole nitrogens is 1. The Morgan fingerprint density at radius 1 is 1.50 bits per heavy atom. The van der Waals surface area contributed by atoms with Crippen molar-refractivity contribution in [2.24, 2.45) is 11.8 Å². The monoisotopic (exact) mass is 250 g/mol. The maximum atomic E-state index is 11.9. The Labute approximate surface area is 108 Å². The van der Waals surface area contributed by atoms with Gasteiger partial charge in [-0.15, -0.1) is 5.10 Å². The largest absolute Gasteiger partial charge is 0.349 e. The zero-order chi connectivity index (χ0) is 13.1. The number of nitrogens with zero attached hydrogens (tertiary/aromatic N) is 2. The molecule has 0 radical (unpaired) electrons. The molecule has 100 valence electrons. The van der Waals surface area contributed by atoms with Crippen LogP contribution in [-0.4, -0.2) is 27.6 Å². The quantitative estimate of drug-likeness (QED) is 0.859. The minimum atomic E-state index is -0.169. The van der Waals surface area contributed by atoms with Crippen LogP contribution in [0.3, 0.4) is 0 Å². The predicted octanol–water partition coefficient (Wildman–Crippen LogP) is 2.09. The third-order valence-corrected chi connectivity index (χ3v) is 3.82. The molecule has 1 aliphatic carbocycles. The summed E-state index contributed by atoms with van der Waals surface area (Å²) in [5.41, 5.74) is 0. The van der Waals surface area contributed by atoms with Crippen LogP contribution in [0.1, 0.15) is 62.4 Å². The van der Waals surface area contributed by atoms with Crippen molar-refractivity contribution in [3.63, 3.8) is 0 Å². The molecule has 0 aromatic carbocycles. The van der Waals surface area contributed by atoms with E-state index in [1.807, 2.05) is 13.8 Å². The average molecular weight is 250 g/mol. The van der Waals surface area contributed by atoms with Gasteiger partial charge in [-0.1, -0.05) is 33.6 Å². The van der Waals surface area contributed by atoms with Crippen molar-refractivity contribution in [1.29, 1.82) is 0 Å². The first-order valence-corrected chi connectivity index (χ1v) is 6.78. The highest BCUT2D eigenvalue weighted by atomic mass is 16.2. The first-order valence-electron chi connectivity index (χ1n) is 6.78. The van der Waals surface area contributed by atoms with Crippen LogP contribution < -0.4 is 5.32 Å². The molecule has 1 saturated carbocycles. The maximum Gasteiger partial charge on any atom is 0.290 e. The van der Waals surface area contributed by atoms with E-state index < -0.39 is 0 Å². The smallest absolute Gasteiger partial charge is 0.290 e. The van der Waals surface area contributed by atoms with Crippen molar-refractivity contribution in [1.82, 2.24) is 20.5 Å². The van der Waals surface area contributed by atoms with Gasteiger partial charge >= 0.3 is 0 Å².